The number of amides is 1. The van der Waals surface area contributed by atoms with Crippen LogP contribution in [-0.2, 0) is 4.79 Å². The molecule has 27 heavy (non-hydrogen) atoms. The Morgan fingerprint density at radius 3 is 2.41 bits per heavy atom. The van der Waals surface area contributed by atoms with Crippen LogP contribution in [0.3, 0.4) is 0 Å². The molecule has 0 spiro atoms. The minimum Gasteiger partial charge on any atom is -0.357 e. The monoisotopic (exact) mass is 389 g/mol. The van der Waals surface area contributed by atoms with Gasteiger partial charge in [-0.25, -0.2) is 0 Å². The number of alkyl halides is 1. The first-order valence-electron chi connectivity index (χ1n) is 8.94. The Morgan fingerprint density at radius 2 is 1.78 bits per heavy atom. The third-order valence-corrected chi connectivity index (χ3v) is 4.75. The highest BCUT2D eigenvalue weighted by Gasteiger charge is 2.23. The molecular weight excluding hydrogens is 366 g/mol. The average Bonchev–Trinajstić information content (AvgIpc) is 2.73. The lowest BCUT2D eigenvalue weighted by molar-refractivity contribution is -0.128. The number of carbonyl (C=O) groups excluding carboxylic acids is 1. The number of nitrogens with one attached hydrogen (secondary N) is 2. The molecule has 1 amide bonds. The standard InChI is InChI=1S/C18H24ClN7O/c1-13(14-6-4-3-5-7-14)21-17-22-16(20-2)23-18(24-17)26-10-8-25(9-11-26)15(27)12-19/h3-7,13H,8-12H2,1-2H3,(H2,20,21,22,23,24). The van der Waals surface area contributed by atoms with E-state index in [0.717, 1.165) is 5.56 Å². The predicted octanol–water partition coefficient (Wildman–Crippen LogP) is 1.97. The fourth-order valence-corrected chi connectivity index (χ4v) is 3.11. The minimum atomic E-state index is -0.0399. The third-order valence-electron chi connectivity index (χ3n) is 4.52. The summed E-state index contributed by atoms with van der Waals surface area (Å²) >= 11 is 5.64. The van der Waals surface area contributed by atoms with Gasteiger partial charge < -0.3 is 20.4 Å². The van der Waals surface area contributed by atoms with Gasteiger partial charge in [-0.2, -0.15) is 15.0 Å². The molecule has 0 bridgehead atoms. The highest BCUT2D eigenvalue weighted by Crippen LogP contribution is 2.20. The molecule has 1 atom stereocenters. The SMILES string of the molecule is CNc1nc(NC(C)c2ccccc2)nc(N2CCN(C(=O)CCl)CC2)n1. The lowest BCUT2D eigenvalue weighted by Crippen LogP contribution is -2.49. The molecule has 3 rings (SSSR count). The van der Waals surface area contributed by atoms with E-state index in [1.807, 2.05) is 18.2 Å². The summed E-state index contributed by atoms with van der Waals surface area (Å²) in [6, 6.07) is 10.2. The second-order valence-electron chi connectivity index (χ2n) is 6.31. The van der Waals surface area contributed by atoms with Crippen LogP contribution in [0.2, 0.25) is 0 Å². The van der Waals surface area contributed by atoms with Crippen molar-refractivity contribution in [3.05, 3.63) is 35.9 Å². The third kappa shape index (κ3) is 4.77. The van der Waals surface area contributed by atoms with Gasteiger partial charge in [-0.15, -0.1) is 11.6 Å². The summed E-state index contributed by atoms with van der Waals surface area (Å²) in [7, 11) is 1.78. The van der Waals surface area contributed by atoms with E-state index < -0.39 is 0 Å². The van der Waals surface area contributed by atoms with Crippen molar-refractivity contribution in [1.82, 2.24) is 19.9 Å². The first kappa shape index (κ1) is 19.2. The number of benzene rings is 1. The molecule has 1 aromatic heterocycles. The summed E-state index contributed by atoms with van der Waals surface area (Å²) in [4.78, 5) is 29.0. The van der Waals surface area contributed by atoms with Crippen molar-refractivity contribution in [3.8, 4) is 0 Å². The first-order chi connectivity index (χ1) is 13.1. The number of nitrogens with zero attached hydrogens (tertiary/aromatic N) is 5. The van der Waals surface area contributed by atoms with Crippen molar-refractivity contribution in [2.75, 3.05) is 54.6 Å². The zero-order valence-electron chi connectivity index (χ0n) is 15.5. The number of rotatable bonds is 6. The quantitative estimate of drug-likeness (QED) is 0.730. The van der Waals surface area contributed by atoms with Gasteiger partial charge >= 0.3 is 0 Å². The second-order valence-corrected chi connectivity index (χ2v) is 6.58. The molecule has 144 valence electrons. The van der Waals surface area contributed by atoms with Gasteiger partial charge in [-0.05, 0) is 12.5 Å². The molecule has 0 saturated carbocycles. The smallest absolute Gasteiger partial charge is 0.237 e. The topological polar surface area (TPSA) is 86.3 Å². The van der Waals surface area contributed by atoms with Crippen LogP contribution in [0.15, 0.2) is 30.3 Å². The molecule has 1 fully saturated rings. The van der Waals surface area contributed by atoms with Crippen molar-refractivity contribution in [2.45, 2.75) is 13.0 Å². The Labute approximate surface area is 164 Å². The van der Waals surface area contributed by atoms with E-state index in [9.17, 15) is 4.79 Å². The Balaban J connectivity index is 1.73. The zero-order valence-corrected chi connectivity index (χ0v) is 16.3. The molecule has 8 nitrogen and oxygen atoms in total. The number of piperazine rings is 1. The maximum atomic E-state index is 11.7. The number of carbonyl (C=O) groups is 1. The Kier molecular flexibility index (Phi) is 6.28. The Morgan fingerprint density at radius 1 is 1.11 bits per heavy atom. The molecule has 1 aliphatic heterocycles. The van der Waals surface area contributed by atoms with Gasteiger partial charge in [-0.1, -0.05) is 30.3 Å². The fraction of sp³-hybridized carbons (Fsp3) is 0.444. The summed E-state index contributed by atoms with van der Waals surface area (Å²) in [6.45, 7) is 4.59. The van der Waals surface area contributed by atoms with Gasteiger partial charge in [0.2, 0.25) is 23.8 Å². The zero-order chi connectivity index (χ0) is 19.2. The Hall–Kier alpha value is -2.61. The van der Waals surface area contributed by atoms with Gasteiger partial charge in [0, 0.05) is 33.2 Å². The van der Waals surface area contributed by atoms with Crippen molar-refractivity contribution >= 4 is 35.4 Å². The maximum absolute atomic E-state index is 11.7. The number of anilines is 3. The van der Waals surface area contributed by atoms with Crippen LogP contribution >= 0.6 is 11.6 Å². The van der Waals surface area contributed by atoms with Crippen LogP contribution in [0.1, 0.15) is 18.5 Å². The van der Waals surface area contributed by atoms with Gasteiger partial charge in [0.05, 0.1) is 6.04 Å². The van der Waals surface area contributed by atoms with E-state index in [4.69, 9.17) is 11.6 Å². The first-order valence-corrected chi connectivity index (χ1v) is 9.48. The largest absolute Gasteiger partial charge is 0.357 e. The molecule has 2 aromatic rings. The molecule has 1 aromatic carbocycles. The Bertz CT molecular complexity index is 766. The van der Waals surface area contributed by atoms with Crippen molar-refractivity contribution in [3.63, 3.8) is 0 Å². The molecule has 0 radical (unpaired) electrons. The number of halogens is 1. The van der Waals surface area contributed by atoms with E-state index in [1.54, 1.807) is 11.9 Å². The summed E-state index contributed by atoms with van der Waals surface area (Å²) in [5.41, 5.74) is 1.15. The van der Waals surface area contributed by atoms with Crippen LogP contribution < -0.4 is 15.5 Å². The van der Waals surface area contributed by atoms with Crippen LogP contribution in [0.25, 0.3) is 0 Å². The van der Waals surface area contributed by atoms with Crippen LogP contribution in [0.5, 0.6) is 0 Å². The van der Waals surface area contributed by atoms with Crippen LogP contribution in [0, 0.1) is 0 Å². The molecule has 1 aliphatic rings. The highest BCUT2D eigenvalue weighted by molar-refractivity contribution is 6.27. The average molecular weight is 390 g/mol. The molecular formula is C18H24ClN7O. The van der Waals surface area contributed by atoms with E-state index in [0.29, 0.717) is 44.0 Å². The predicted molar refractivity (Wildman–Crippen MR) is 107 cm³/mol. The van der Waals surface area contributed by atoms with Crippen molar-refractivity contribution in [1.29, 1.82) is 0 Å². The summed E-state index contributed by atoms with van der Waals surface area (Å²) in [6.07, 6.45) is 0. The molecule has 1 saturated heterocycles. The molecule has 2 N–H and O–H groups in total. The number of hydrogen-bond donors (Lipinski definition) is 2. The molecule has 2 heterocycles. The molecule has 1 unspecified atom stereocenters. The highest BCUT2D eigenvalue weighted by atomic mass is 35.5. The van der Waals surface area contributed by atoms with E-state index in [-0.39, 0.29) is 17.8 Å². The summed E-state index contributed by atoms with van der Waals surface area (Å²) in [5.74, 6) is 1.58. The van der Waals surface area contributed by atoms with Gasteiger partial charge in [0.15, 0.2) is 0 Å². The van der Waals surface area contributed by atoms with Gasteiger partial charge in [-0.3, -0.25) is 4.79 Å². The minimum absolute atomic E-state index is 0.0150. The molecule has 0 aliphatic carbocycles. The second kappa shape index (κ2) is 8.85. The fourth-order valence-electron chi connectivity index (χ4n) is 2.94. The summed E-state index contributed by atoms with van der Waals surface area (Å²) < 4.78 is 0. The normalized spacial score (nSPS) is 15.4. The maximum Gasteiger partial charge on any atom is 0.237 e. The van der Waals surface area contributed by atoms with Crippen molar-refractivity contribution < 1.29 is 4.79 Å². The van der Waals surface area contributed by atoms with Gasteiger partial charge in [0.1, 0.15) is 5.88 Å². The van der Waals surface area contributed by atoms with E-state index in [2.05, 4.69) is 49.5 Å². The van der Waals surface area contributed by atoms with Crippen LogP contribution in [-0.4, -0.2) is 64.9 Å². The lowest BCUT2D eigenvalue weighted by atomic mass is 10.1. The number of hydrogen-bond acceptors (Lipinski definition) is 7. The van der Waals surface area contributed by atoms with Crippen LogP contribution in [0.4, 0.5) is 17.8 Å². The van der Waals surface area contributed by atoms with E-state index in [1.165, 1.54) is 0 Å². The van der Waals surface area contributed by atoms with Crippen molar-refractivity contribution in [2.24, 2.45) is 0 Å². The molecule has 9 heteroatoms. The lowest BCUT2D eigenvalue weighted by Gasteiger charge is -2.34. The van der Waals surface area contributed by atoms with Gasteiger partial charge in [0.25, 0.3) is 0 Å². The summed E-state index contributed by atoms with van der Waals surface area (Å²) in [5, 5.41) is 6.32. The number of aromatic nitrogens is 3. The van der Waals surface area contributed by atoms with E-state index >= 15 is 0 Å².